The summed E-state index contributed by atoms with van der Waals surface area (Å²) < 4.78 is 4.98. The van der Waals surface area contributed by atoms with E-state index in [1.165, 1.54) is 17.6 Å². The second kappa shape index (κ2) is 9.03. The molecule has 27 heavy (non-hydrogen) atoms. The molecular weight excluding hydrogens is 409 g/mol. The lowest BCUT2D eigenvalue weighted by molar-refractivity contribution is -0.116. The smallest absolute Gasteiger partial charge is 0.286 e. The van der Waals surface area contributed by atoms with Crippen molar-refractivity contribution in [3.63, 3.8) is 0 Å². The third-order valence-corrected chi connectivity index (χ3v) is 5.35. The predicted octanol–water partition coefficient (Wildman–Crippen LogP) is 4.39. The second-order valence-corrected chi connectivity index (χ2v) is 7.45. The molecule has 2 heterocycles. The molecule has 0 aliphatic carbocycles. The normalized spacial score (nSPS) is 10.6. The van der Waals surface area contributed by atoms with E-state index in [1.807, 2.05) is 12.1 Å². The minimum absolute atomic E-state index is 0.126. The first-order valence-corrected chi connectivity index (χ1v) is 9.59. The number of anilines is 1. The number of aromatic nitrogens is 1. The zero-order valence-electron chi connectivity index (χ0n) is 14.0. The van der Waals surface area contributed by atoms with E-state index < -0.39 is 0 Å². The number of hydrogen-bond acceptors (Lipinski definition) is 5. The number of carbonyl (C=O) groups excluding carboxylic acids is 2. The van der Waals surface area contributed by atoms with Crippen molar-refractivity contribution in [1.29, 1.82) is 0 Å². The molecule has 0 aliphatic rings. The van der Waals surface area contributed by atoms with Crippen molar-refractivity contribution in [2.24, 2.45) is 0 Å². The van der Waals surface area contributed by atoms with Gasteiger partial charge in [-0.15, -0.1) is 11.3 Å². The number of hydrogen-bond donors (Lipinski definition) is 2. The molecule has 0 spiro atoms. The Morgan fingerprint density at radius 3 is 2.81 bits per heavy atom. The van der Waals surface area contributed by atoms with Gasteiger partial charge in [0.05, 0.1) is 16.3 Å². The Morgan fingerprint density at radius 2 is 2.04 bits per heavy atom. The number of halogens is 2. The molecule has 0 fully saturated rings. The fraction of sp³-hybridized carbons (Fsp3) is 0.167. The van der Waals surface area contributed by atoms with Crippen molar-refractivity contribution in [2.75, 3.05) is 11.9 Å². The van der Waals surface area contributed by atoms with Crippen molar-refractivity contribution in [1.82, 2.24) is 10.3 Å². The van der Waals surface area contributed by atoms with Gasteiger partial charge in [0.15, 0.2) is 10.9 Å². The van der Waals surface area contributed by atoms with E-state index in [-0.39, 0.29) is 30.5 Å². The molecule has 0 atom stereocenters. The van der Waals surface area contributed by atoms with Crippen LogP contribution in [0, 0.1) is 0 Å². The van der Waals surface area contributed by atoms with Gasteiger partial charge in [-0.3, -0.25) is 9.59 Å². The highest BCUT2D eigenvalue weighted by molar-refractivity contribution is 7.15. The van der Waals surface area contributed by atoms with E-state index in [1.54, 1.807) is 24.4 Å². The van der Waals surface area contributed by atoms with E-state index >= 15 is 0 Å². The van der Waals surface area contributed by atoms with Crippen LogP contribution in [0.1, 0.15) is 27.4 Å². The van der Waals surface area contributed by atoms with Crippen LogP contribution in [0.25, 0.3) is 0 Å². The van der Waals surface area contributed by atoms with Crippen LogP contribution in [-0.2, 0) is 11.2 Å². The highest BCUT2D eigenvalue weighted by atomic mass is 35.5. The van der Waals surface area contributed by atoms with Gasteiger partial charge >= 0.3 is 0 Å². The Balaban J connectivity index is 1.48. The summed E-state index contributed by atoms with van der Waals surface area (Å²) in [5.74, 6) is -0.390. The lowest BCUT2D eigenvalue weighted by atomic mass is 10.1. The average Bonchev–Trinajstić information content (AvgIpc) is 3.31. The number of amides is 2. The molecule has 6 nitrogen and oxygen atoms in total. The average molecular weight is 424 g/mol. The monoisotopic (exact) mass is 423 g/mol. The van der Waals surface area contributed by atoms with Gasteiger partial charge in [0, 0.05) is 30.5 Å². The molecule has 1 aromatic carbocycles. The number of rotatable bonds is 7. The van der Waals surface area contributed by atoms with E-state index in [4.69, 9.17) is 27.6 Å². The highest BCUT2D eigenvalue weighted by Crippen LogP contribution is 2.29. The zero-order chi connectivity index (χ0) is 19.2. The van der Waals surface area contributed by atoms with Crippen molar-refractivity contribution < 1.29 is 14.0 Å². The van der Waals surface area contributed by atoms with E-state index in [9.17, 15) is 9.59 Å². The first-order chi connectivity index (χ1) is 13.0. The van der Waals surface area contributed by atoms with Crippen molar-refractivity contribution >= 4 is 51.5 Å². The second-order valence-electron chi connectivity index (χ2n) is 5.55. The zero-order valence-corrected chi connectivity index (χ0v) is 16.3. The summed E-state index contributed by atoms with van der Waals surface area (Å²) in [4.78, 5) is 28.8. The number of nitrogens with zero attached hydrogens (tertiary/aromatic N) is 1. The number of benzene rings is 1. The van der Waals surface area contributed by atoms with Crippen LogP contribution in [0.4, 0.5) is 5.13 Å². The van der Waals surface area contributed by atoms with Gasteiger partial charge in [0.1, 0.15) is 0 Å². The Hall–Kier alpha value is -2.35. The van der Waals surface area contributed by atoms with Crippen LogP contribution in [0.5, 0.6) is 0 Å². The van der Waals surface area contributed by atoms with E-state index in [2.05, 4.69) is 15.6 Å². The molecule has 0 aliphatic heterocycles. The van der Waals surface area contributed by atoms with Crippen molar-refractivity contribution in [2.45, 2.75) is 12.8 Å². The maximum atomic E-state index is 12.0. The number of carbonyl (C=O) groups is 2. The maximum absolute atomic E-state index is 12.0. The predicted molar refractivity (Wildman–Crippen MR) is 106 cm³/mol. The first-order valence-electron chi connectivity index (χ1n) is 8.02. The van der Waals surface area contributed by atoms with Gasteiger partial charge in [-0.05, 0) is 23.8 Å². The van der Waals surface area contributed by atoms with E-state index in [0.29, 0.717) is 21.6 Å². The topological polar surface area (TPSA) is 84.2 Å². The standard InChI is InChI=1S/C18H15Cl2N3O3S/c19-13-4-1-3-11(16(13)20)9-12-10-22-18(27-12)23-15(24)6-7-21-17(25)14-5-2-8-26-14/h1-5,8,10H,6-7,9H2,(H,21,25)(H,22,23,24). The van der Waals surface area contributed by atoms with Gasteiger partial charge in [-0.25, -0.2) is 4.98 Å². The van der Waals surface area contributed by atoms with Crippen LogP contribution in [0.15, 0.2) is 47.2 Å². The SMILES string of the molecule is O=C(CCNC(=O)c1ccco1)Nc1ncc(Cc2cccc(Cl)c2Cl)s1. The summed E-state index contributed by atoms with van der Waals surface area (Å²) >= 11 is 13.6. The van der Waals surface area contributed by atoms with Gasteiger partial charge in [0.2, 0.25) is 5.91 Å². The van der Waals surface area contributed by atoms with Crippen LogP contribution in [0.2, 0.25) is 10.0 Å². The van der Waals surface area contributed by atoms with Crippen molar-refractivity contribution in [3.8, 4) is 0 Å². The Labute approximate surface area is 169 Å². The lowest BCUT2D eigenvalue weighted by Crippen LogP contribution is -2.27. The summed E-state index contributed by atoms with van der Waals surface area (Å²) in [6, 6.07) is 8.64. The molecule has 2 aromatic heterocycles. The summed E-state index contributed by atoms with van der Waals surface area (Å²) in [5, 5.41) is 6.84. The molecule has 2 amide bonds. The highest BCUT2D eigenvalue weighted by Gasteiger charge is 2.11. The Bertz CT molecular complexity index is 941. The van der Waals surface area contributed by atoms with Gasteiger partial charge in [-0.2, -0.15) is 0 Å². The molecular formula is C18H15Cl2N3O3S. The molecule has 0 unspecified atom stereocenters. The summed E-state index contributed by atoms with van der Waals surface area (Å²) in [5.41, 5.74) is 0.895. The fourth-order valence-electron chi connectivity index (χ4n) is 2.29. The molecule has 140 valence electrons. The summed E-state index contributed by atoms with van der Waals surface area (Å²) in [6.07, 6.45) is 3.81. The molecule has 0 radical (unpaired) electrons. The quantitative estimate of drug-likeness (QED) is 0.589. The van der Waals surface area contributed by atoms with Crippen LogP contribution in [-0.4, -0.2) is 23.3 Å². The minimum atomic E-state index is -0.359. The third-order valence-electron chi connectivity index (χ3n) is 3.58. The largest absolute Gasteiger partial charge is 0.459 e. The fourth-order valence-corrected chi connectivity index (χ4v) is 3.52. The van der Waals surface area contributed by atoms with Gasteiger partial charge in [0.25, 0.3) is 5.91 Å². The molecule has 0 saturated carbocycles. The number of thiazole rings is 1. The maximum Gasteiger partial charge on any atom is 0.286 e. The molecule has 9 heteroatoms. The molecule has 0 bridgehead atoms. The van der Waals surface area contributed by atoms with Crippen LogP contribution >= 0.6 is 34.5 Å². The van der Waals surface area contributed by atoms with Crippen molar-refractivity contribution in [3.05, 3.63) is 69.0 Å². The number of furan rings is 1. The molecule has 2 N–H and O–H groups in total. The molecule has 0 saturated heterocycles. The number of nitrogens with one attached hydrogen (secondary N) is 2. The third kappa shape index (κ3) is 5.32. The Morgan fingerprint density at radius 1 is 1.19 bits per heavy atom. The van der Waals surface area contributed by atoms with E-state index in [0.717, 1.165) is 10.4 Å². The van der Waals surface area contributed by atoms with Gasteiger partial charge in [-0.1, -0.05) is 35.3 Å². The minimum Gasteiger partial charge on any atom is -0.459 e. The Kier molecular flexibility index (Phi) is 6.49. The van der Waals surface area contributed by atoms with Gasteiger partial charge < -0.3 is 15.1 Å². The molecule has 3 aromatic rings. The van der Waals surface area contributed by atoms with Crippen LogP contribution < -0.4 is 10.6 Å². The summed E-state index contributed by atoms with van der Waals surface area (Å²) in [6.45, 7) is 0.196. The lowest BCUT2D eigenvalue weighted by Gasteiger charge is -2.04. The first kappa shape index (κ1) is 19.4. The van der Waals surface area contributed by atoms with Crippen LogP contribution in [0.3, 0.4) is 0 Å². The molecule has 3 rings (SSSR count). The summed E-state index contributed by atoms with van der Waals surface area (Å²) in [7, 11) is 0.